The van der Waals surface area contributed by atoms with Crippen molar-refractivity contribution in [2.75, 3.05) is 6.61 Å². The second-order valence-corrected chi connectivity index (χ2v) is 6.32. The molecule has 3 nitrogen and oxygen atoms in total. The molecule has 0 bridgehead atoms. The number of rotatable bonds is 4. The third-order valence-corrected chi connectivity index (χ3v) is 4.69. The van der Waals surface area contributed by atoms with Gasteiger partial charge < -0.3 is 9.84 Å². The highest BCUT2D eigenvalue weighted by Crippen LogP contribution is 2.35. The van der Waals surface area contributed by atoms with E-state index in [4.69, 9.17) is 17.0 Å². The average molecular weight is 326 g/mol. The number of carboxylic acids is 1. The van der Waals surface area contributed by atoms with E-state index in [1.807, 2.05) is 43.3 Å². The fraction of sp³-hybridized carbons (Fsp3) is 0.263. The minimum absolute atomic E-state index is 0.569. The first kappa shape index (κ1) is 15.7. The fourth-order valence-electron chi connectivity index (χ4n) is 2.75. The molecule has 1 heterocycles. The summed E-state index contributed by atoms with van der Waals surface area (Å²) in [5, 5.41) is 9.30. The Labute approximate surface area is 140 Å². The van der Waals surface area contributed by atoms with Crippen LogP contribution in [0.3, 0.4) is 0 Å². The van der Waals surface area contributed by atoms with Gasteiger partial charge in [0.25, 0.3) is 0 Å². The van der Waals surface area contributed by atoms with Crippen molar-refractivity contribution in [3.63, 3.8) is 0 Å². The normalized spacial score (nSPS) is 14.0. The van der Waals surface area contributed by atoms with Crippen LogP contribution in [0.1, 0.15) is 40.7 Å². The Bertz CT molecular complexity index is 778. The highest BCUT2D eigenvalue weighted by molar-refractivity contribution is 7.81. The molecule has 1 N–H and O–H groups in total. The van der Waals surface area contributed by atoms with Crippen LogP contribution in [0.4, 0.5) is 0 Å². The number of aliphatic carboxylic acids is 1. The smallest absolute Gasteiger partial charge is 0.310 e. The minimum Gasteiger partial charge on any atom is -0.492 e. The van der Waals surface area contributed by atoms with Gasteiger partial charge in [0.05, 0.1) is 17.4 Å². The van der Waals surface area contributed by atoms with E-state index in [2.05, 4.69) is 0 Å². The highest BCUT2D eigenvalue weighted by atomic mass is 32.1. The lowest BCUT2D eigenvalue weighted by Gasteiger charge is -2.14. The molecule has 3 rings (SSSR count). The SMILES string of the molecule is Cc1ccc(C(=S)c2cc(C(C)C(=O)O)cc3c2OCC3)cc1. The van der Waals surface area contributed by atoms with Crippen LogP contribution >= 0.6 is 12.2 Å². The quantitative estimate of drug-likeness (QED) is 0.684. The molecular weight excluding hydrogens is 308 g/mol. The molecule has 0 radical (unpaired) electrons. The molecule has 0 saturated carbocycles. The second kappa shape index (κ2) is 6.13. The van der Waals surface area contributed by atoms with Gasteiger partial charge in [-0.05, 0) is 36.6 Å². The molecule has 1 unspecified atom stereocenters. The van der Waals surface area contributed by atoms with E-state index in [0.717, 1.165) is 34.4 Å². The summed E-state index contributed by atoms with van der Waals surface area (Å²) in [5.41, 5.74) is 4.75. The summed E-state index contributed by atoms with van der Waals surface area (Å²) in [4.78, 5) is 12.0. The van der Waals surface area contributed by atoms with E-state index in [0.29, 0.717) is 11.5 Å². The zero-order valence-electron chi connectivity index (χ0n) is 13.1. The Hall–Kier alpha value is -2.20. The number of hydrogen-bond acceptors (Lipinski definition) is 3. The fourth-order valence-corrected chi connectivity index (χ4v) is 3.04. The van der Waals surface area contributed by atoms with Crippen LogP contribution in [-0.4, -0.2) is 22.5 Å². The molecule has 0 saturated heterocycles. The van der Waals surface area contributed by atoms with E-state index >= 15 is 0 Å². The summed E-state index contributed by atoms with van der Waals surface area (Å²) in [5.74, 6) is -0.603. The molecule has 23 heavy (non-hydrogen) atoms. The minimum atomic E-state index is -0.837. The number of thiocarbonyl (C=S) groups is 1. The van der Waals surface area contributed by atoms with Crippen molar-refractivity contribution in [3.05, 3.63) is 64.2 Å². The second-order valence-electron chi connectivity index (χ2n) is 5.91. The van der Waals surface area contributed by atoms with E-state index in [1.165, 1.54) is 5.56 Å². The molecule has 1 aliphatic rings. The van der Waals surface area contributed by atoms with Crippen molar-refractivity contribution in [1.29, 1.82) is 0 Å². The van der Waals surface area contributed by atoms with Gasteiger partial charge in [0.1, 0.15) is 5.75 Å². The van der Waals surface area contributed by atoms with E-state index < -0.39 is 11.9 Å². The number of benzene rings is 2. The molecule has 2 aromatic rings. The number of fused-ring (bicyclic) bond motifs is 1. The van der Waals surface area contributed by atoms with Gasteiger partial charge in [0.15, 0.2) is 0 Å². The first-order valence-corrected chi connectivity index (χ1v) is 8.02. The molecule has 4 heteroatoms. The van der Waals surface area contributed by atoms with Gasteiger partial charge in [-0.2, -0.15) is 0 Å². The van der Waals surface area contributed by atoms with Gasteiger partial charge in [-0.25, -0.2) is 0 Å². The monoisotopic (exact) mass is 326 g/mol. The molecule has 0 amide bonds. The molecule has 0 fully saturated rings. The molecular formula is C19H18O3S. The summed E-state index contributed by atoms with van der Waals surface area (Å²) >= 11 is 5.66. The van der Waals surface area contributed by atoms with Crippen molar-refractivity contribution < 1.29 is 14.6 Å². The van der Waals surface area contributed by atoms with Gasteiger partial charge in [-0.1, -0.05) is 48.1 Å². The van der Waals surface area contributed by atoms with Crippen molar-refractivity contribution in [1.82, 2.24) is 0 Å². The first-order chi connectivity index (χ1) is 11.0. The summed E-state index contributed by atoms with van der Waals surface area (Å²) < 4.78 is 5.76. The van der Waals surface area contributed by atoms with Crippen molar-refractivity contribution in [2.45, 2.75) is 26.2 Å². The van der Waals surface area contributed by atoms with E-state index in [1.54, 1.807) is 6.92 Å². The molecule has 1 atom stereocenters. The predicted octanol–water partition coefficient (Wildman–Crippen LogP) is 3.88. The Kier molecular flexibility index (Phi) is 4.18. The lowest BCUT2D eigenvalue weighted by molar-refractivity contribution is -0.138. The molecule has 0 spiro atoms. The van der Waals surface area contributed by atoms with Crippen LogP contribution in [0.2, 0.25) is 0 Å². The lowest BCUT2D eigenvalue weighted by atomic mass is 9.92. The van der Waals surface area contributed by atoms with Crippen LogP contribution in [0, 0.1) is 6.92 Å². The number of carboxylic acid groups (broad SMARTS) is 1. The topological polar surface area (TPSA) is 46.5 Å². The van der Waals surface area contributed by atoms with Crippen LogP contribution in [0.25, 0.3) is 0 Å². The summed E-state index contributed by atoms with van der Waals surface area (Å²) in [6.07, 6.45) is 0.791. The van der Waals surface area contributed by atoms with Crippen molar-refractivity contribution >= 4 is 23.1 Å². The Morgan fingerprint density at radius 1 is 1.26 bits per heavy atom. The third-order valence-electron chi connectivity index (χ3n) is 4.23. The largest absolute Gasteiger partial charge is 0.492 e. The van der Waals surface area contributed by atoms with Gasteiger partial charge in [-0.3, -0.25) is 4.79 Å². The summed E-state index contributed by atoms with van der Waals surface area (Å²) in [6, 6.07) is 11.8. The van der Waals surface area contributed by atoms with E-state index in [-0.39, 0.29) is 0 Å². The molecule has 118 valence electrons. The average Bonchev–Trinajstić information content (AvgIpc) is 3.01. The maximum absolute atomic E-state index is 11.3. The van der Waals surface area contributed by atoms with Gasteiger partial charge in [-0.15, -0.1) is 0 Å². The Morgan fingerprint density at radius 2 is 1.96 bits per heavy atom. The number of ether oxygens (including phenoxy) is 1. The number of hydrogen-bond donors (Lipinski definition) is 1. The van der Waals surface area contributed by atoms with Crippen LogP contribution in [0.15, 0.2) is 36.4 Å². The molecule has 0 aromatic heterocycles. The number of aryl methyl sites for hydroxylation is 1. The maximum atomic E-state index is 11.3. The Balaban J connectivity index is 2.09. The molecule has 1 aliphatic heterocycles. The molecule has 0 aliphatic carbocycles. The van der Waals surface area contributed by atoms with Gasteiger partial charge in [0, 0.05) is 12.0 Å². The summed E-state index contributed by atoms with van der Waals surface area (Å²) in [6.45, 7) is 4.34. The van der Waals surface area contributed by atoms with Crippen LogP contribution < -0.4 is 4.74 Å². The highest BCUT2D eigenvalue weighted by Gasteiger charge is 2.24. The Morgan fingerprint density at radius 3 is 2.61 bits per heavy atom. The first-order valence-electron chi connectivity index (χ1n) is 7.61. The predicted molar refractivity (Wildman–Crippen MR) is 93.7 cm³/mol. The maximum Gasteiger partial charge on any atom is 0.310 e. The van der Waals surface area contributed by atoms with Crippen molar-refractivity contribution in [2.24, 2.45) is 0 Å². The zero-order chi connectivity index (χ0) is 16.6. The number of carbonyl (C=O) groups is 1. The van der Waals surface area contributed by atoms with Crippen LogP contribution in [0.5, 0.6) is 5.75 Å². The standard InChI is InChI=1S/C19H18O3S/c1-11-3-5-13(6-4-11)18(23)16-10-15(12(2)19(20)21)9-14-7-8-22-17(14)16/h3-6,9-10,12H,7-8H2,1-2H3,(H,20,21). The van der Waals surface area contributed by atoms with E-state index in [9.17, 15) is 9.90 Å². The zero-order valence-corrected chi connectivity index (χ0v) is 13.9. The summed E-state index contributed by atoms with van der Waals surface area (Å²) in [7, 11) is 0. The third kappa shape index (κ3) is 2.99. The molecule has 2 aromatic carbocycles. The van der Waals surface area contributed by atoms with Crippen LogP contribution in [-0.2, 0) is 11.2 Å². The van der Waals surface area contributed by atoms with Gasteiger partial charge in [0.2, 0.25) is 0 Å². The van der Waals surface area contributed by atoms with Gasteiger partial charge >= 0.3 is 5.97 Å². The lowest BCUT2D eigenvalue weighted by Crippen LogP contribution is -2.10. The van der Waals surface area contributed by atoms with Crippen molar-refractivity contribution in [3.8, 4) is 5.75 Å².